The summed E-state index contributed by atoms with van der Waals surface area (Å²) >= 11 is 1.46. The van der Waals surface area contributed by atoms with Crippen LogP contribution in [0.25, 0.3) is 0 Å². The lowest BCUT2D eigenvalue weighted by molar-refractivity contribution is -0.114. The van der Waals surface area contributed by atoms with Crippen molar-refractivity contribution in [2.24, 2.45) is 0 Å². The van der Waals surface area contributed by atoms with Crippen LogP contribution in [0.5, 0.6) is 0 Å². The quantitative estimate of drug-likeness (QED) is 0.939. The first-order valence-corrected chi connectivity index (χ1v) is 7.78. The van der Waals surface area contributed by atoms with Crippen molar-refractivity contribution in [3.05, 3.63) is 46.7 Å². The molecule has 1 heterocycles. The summed E-state index contributed by atoms with van der Waals surface area (Å²) in [6, 6.07) is 11.5. The number of thiophene rings is 1. The lowest BCUT2D eigenvalue weighted by Crippen LogP contribution is -2.32. The molecular weight excluding hydrogens is 284 g/mol. The summed E-state index contributed by atoms with van der Waals surface area (Å²) in [5, 5.41) is 4.65. The fourth-order valence-electron chi connectivity index (χ4n) is 2.25. The molecule has 3 rings (SSSR count). The second-order valence-corrected chi connectivity index (χ2v) is 6.06. The summed E-state index contributed by atoms with van der Waals surface area (Å²) in [5.41, 5.74) is 1.62. The van der Waals surface area contributed by atoms with Crippen molar-refractivity contribution in [2.75, 3.05) is 10.2 Å². The Morgan fingerprint density at radius 1 is 1.19 bits per heavy atom. The molecule has 1 aliphatic carbocycles. The van der Waals surface area contributed by atoms with Crippen LogP contribution >= 0.6 is 11.3 Å². The van der Waals surface area contributed by atoms with Crippen LogP contribution in [0.2, 0.25) is 0 Å². The first-order valence-electron chi connectivity index (χ1n) is 6.90. The number of carbonyl (C=O) groups is 2. The molecule has 1 aromatic carbocycles. The molecule has 0 spiro atoms. The molecule has 2 amide bonds. The molecule has 4 nitrogen and oxygen atoms in total. The van der Waals surface area contributed by atoms with E-state index in [1.807, 2.05) is 46.7 Å². The maximum Gasteiger partial charge on any atom is 0.268 e. The first-order chi connectivity index (χ1) is 10.1. The number of hydrogen-bond donors (Lipinski definition) is 1. The van der Waals surface area contributed by atoms with Crippen molar-refractivity contribution < 1.29 is 9.59 Å². The zero-order valence-electron chi connectivity index (χ0n) is 11.7. The van der Waals surface area contributed by atoms with Crippen molar-refractivity contribution in [1.82, 2.24) is 0 Å². The molecule has 0 bridgehead atoms. The third-order valence-corrected chi connectivity index (χ3v) is 4.19. The van der Waals surface area contributed by atoms with E-state index in [9.17, 15) is 9.59 Å². The highest BCUT2D eigenvalue weighted by Gasteiger charge is 2.34. The van der Waals surface area contributed by atoms with E-state index in [1.54, 1.807) is 0 Å². The van der Waals surface area contributed by atoms with Gasteiger partial charge in [0.15, 0.2) is 0 Å². The average molecular weight is 300 g/mol. The summed E-state index contributed by atoms with van der Waals surface area (Å²) in [6.07, 6.45) is 2.09. The van der Waals surface area contributed by atoms with Gasteiger partial charge in [-0.2, -0.15) is 0 Å². The molecule has 0 atom stereocenters. The molecule has 1 fully saturated rings. The molecule has 1 aliphatic rings. The van der Waals surface area contributed by atoms with Crippen LogP contribution < -0.4 is 10.2 Å². The summed E-state index contributed by atoms with van der Waals surface area (Å²) in [6.45, 7) is 1.48. The molecule has 1 N–H and O–H groups in total. The Labute approximate surface area is 127 Å². The molecule has 1 saturated carbocycles. The third kappa shape index (κ3) is 3.13. The monoisotopic (exact) mass is 300 g/mol. The number of anilines is 2. The molecule has 108 valence electrons. The van der Waals surface area contributed by atoms with Crippen LogP contribution in [0.1, 0.15) is 29.4 Å². The fraction of sp³-hybridized carbons (Fsp3) is 0.250. The number of carbonyl (C=O) groups excluding carboxylic acids is 2. The topological polar surface area (TPSA) is 49.4 Å². The standard InChI is InChI=1S/C16H16N2O2S/c1-11(19)17-12-4-6-13(7-5-12)18(14-8-9-14)16(20)15-3-2-10-21-15/h2-7,10,14H,8-9H2,1H3,(H,17,19). The molecule has 0 radical (unpaired) electrons. The van der Waals surface area contributed by atoms with E-state index in [1.165, 1.54) is 18.3 Å². The molecule has 5 heteroatoms. The molecule has 1 aromatic heterocycles. The van der Waals surface area contributed by atoms with E-state index >= 15 is 0 Å². The third-order valence-electron chi connectivity index (χ3n) is 3.33. The summed E-state index contributed by atoms with van der Waals surface area (Å²) < 4.78 is 0. The van der Waals surface area contributed by atoms with Gasteiger partial charge in [-0.3, -0.25) is 9.59 Å². The van der Waals surface area contributed by atoms with Gasteiger partial charge in [-0.1, -0.05) is 6.07 Å². The lowest BCUT2D eigenvalue weighted by atomic mass is 10.2. The van der Waals surface area contributed by atoms with Gasteiger partial charge in [0.2, 0.25) is 5.91 Å². The molecule has 2 aromatic rings. The van der Waals surface area contributed by atoms with Gasteiger partial charge in [0.1, 0.15) is 0 Å². The minimum atomic E-state index is -0.100. The Hall–Kier alpha value is -2.14. The van der Waals surface area contributed by atoms with E-state index in [-0.39, 0.29) is 11.8 Å². The van der Waals surface area contributed by atoms with Crippen molar-refractivity contribution in [3.8, 4) is 0 Å². The van der Waals surface area contributed by atoms with Gasteiger partial charge in [0.05, 0.1) is 4.88 Å². The maximum atomic E-state index is 12.6. The minimum absolute atomic E-state index is 0.0553. The van der Waals surface area contributed by atoms with E-state index in [2.05, 4.69) is 5.32 Å². The van der Waals surface area contributed by atoms with Gasteiger partial charge in [-0.15, -0.1) is 11.3 Å². The molecule has 0 unspecified atom stereocenters. The van der Waals surface area contributed by atoms with E-state index in [4.69, 9.17) is 0 Å². The average Bonchev–Trinajstić information content (AvgIpc) is 3.13. The summed E-state index contributed by atoms with van der Waals surface area (Å²) in [4.78, 5) is 26.3. The van der Waals surface area contributed by atoms with Gasteiger partial charge < -0.3 is 10.2 Å². The van der Waals surface area contributed by atoms with Crippen LogP contribution in [0, 0.1) is 0 Å². The van der Waals surface area contributed by atoms with Crippen LogP contribution in [0.4, 0.5) is 11.4 Å². The Morgan fingerprint density at radius 3 is 2.43 bits per heavy atom. The van der Waals surface area contributed by atoms with E-state index < -0.39 is 0 Å². The SMILES string of the molecule is CC(=O)Nc1ccc(N(C(=O)c2cccs2)C2CC2)cc1. The van der Waals surface area contributed by atoms with E-state index in [0.29, 0.717) is 6.04 Å². The molecule has 0 saturated heterocycles. The Balaban J connectivity index is 1.84. The smallest absolute Gasteiger partial charge is 0.268 e. The Bertz CT molecular complexity index is 645. The zero-order chi connectivity index (χ0) is 14.8. The number of nitrogens with one attached hydrogen (secondary N) is 1. The van der Waals surface area contributed by atoms with Gasteiger partial charge >= 0.3 is 0 Å². The Morgan fingerprint density at radius 2 is 1.90 bits per heavy atom. The van der Waals surface area contributed by atoms with Crippen LogP contribution in [-0.4, -0.2) is 17.9 Å². The second-order valence-electron chi connectivity index (χ2n) is 5.11. The minimum Gasteiger partial charge on any atom is -0.326 e. The molecular formula is C16H16N2O2S. The first kappa shape index (κ1) is 13.8. The highest BCUT2D eigenvalue weighted by atomic mass is 32.1. The second kappa shape index (κ2) is 5.69. The number of amides is 2. The number of benzene rings is 1. The van der Waals surface area contributed by atoms with E-state index in [0.717, 1.165) is 29.1 Å². The van der Waals surface area contributed by atoms with Crippen molar-refractivity contribution in [2.45, 2.75) is 25.8 Å². The largest absolute Gasteiger partial charge is 0.326 e. The number of hydrogen-bond acceptors (Lipinski definition) is 3. The maximum absolute atomic E-state index is 12.6. The van der Waals surface area contributed by atoms with Crippen molar-refractivity contribution in [1.29, 1.82) is 0 Å². The van der Waals surface area contributed by atoms with Gasteiger partial charge in [0, 0.05) is 24.3 Å². The summed E-state index contributed by atoms with van der Waals surface area (Å²) in [7, 11) is 0. The number of rotatable bonds is 4. The predicted octanol–water partition coefficient (Wildman–Crippen LogP) is 3.52. The molecule has 0 aliphatic heterocycles. The van der Waals surface area contributed by atoms with Gasteiger partial charge in [0.25, 0.3) is 5.91 Å². The molecule has 21 heavy (non-hydrogen) atoms. The summed E-state index contributed by atoms with van der Waals surface area (Å²) in [5.74, 6) is -0.0451. The van der Waals surface area contributed by atoms with Crippen LogP contribution in [0.15, 0.2) is 41.8 Å². The van der Waals surface area contributed by atoms with Crippen LogP contribution in [-0.2, 0) is 4.79 Å². The van der Waals surface area contributed by atoms with Gasteiger partial charge in [-0.25, -0.2) is 0 Å². The van der Waals surface area contributed by atoms with Crippen LogP contribution in [0.3, 0.4) is 0 Å². The lowest BCUT2D eigenvalue weighted by Gasteiger charge is -2.22. The fourth-order valence-corrected chi connectivity index (χ4v) is 2.91. The van der Waals surface area contributed by atoms with Gasteiger partial charge in [-0.05, 0) is 48.6 Å². The predicted molar refractivity (Wildman–Crippen MR) is 84.9 cm³/mol. The zero-order valence-corrected chi connectivity index (χ0v) is 12.5. The highest BCUT2D eigenvalue weighted by molar-refractivity contribution is 7.12. The Kier molecular flexibility index (Phi) is 3.75. The van der Waals surface area contributed by atoms with Crippen molar-refractivity contribution >= 4 is 34.5 Å². The highest BCUT2D eigenvalue weighted by Crippen LogP contribution is 2.34. The number of nitrogens with zero attached hydrogens (tertiary/aromatic N) is 1. The van der Waals surface area contributed by atoms with Crippen molar-refractivity contribution in [3.63, 3.8) is 0 Å². The normalized spacial score (nSPS) is 13.8.